The number of carbonyl (C=O) groups excluding carboxylic acids is 5. The monoisotopic (exact) mass is 1630 g/mol. The van der Waals surface area contributed by atoms with E-state index < -0.39 is 55.7 Å². The van der Waals surface area contributed by atoms with Crippen molar-refractivity contribution in [2.75, 3.05) is 121 Å². The SMILES string of the molecule is Cc1ncsc1-c1ccc([C@H](C)NC(=O)[C@@H]2C[C@@H](O)CN2C(=O)[C@@H](NC(=O)CC2CCC(CC(=O)N3CCN(CC4(C)CCC(c5ccc(Cl)cc5)=C(CN5CCN(c6ccc(C(=O)NSc7ccc(N[C@H](CCN8CCOCC8)CSc8ccccc8)c(S(=O)(=O)C(F)(F)F)c7)cc6)CC5)C4)CC3)CC2)C(C)(C)C)cc1. The normalized spacial score (nSPS) is 22.1. The molecule has 5 aromatic carbocycles. The van der Waals surface area contributed by atoms with Crippen LogP contribution in [0, 0.1) is 29.6 Å². The standard InChI is InChI=1S/C84H107ClF3N11O9S4/c1-56(60-16-18-62(19-17-60)77-57(2)89-55-110-77)90-80(104)73-48-68(100)52-99(73)81(105)78(82(3,4)5)92-75(101)46-58-12-14-59(15-13-58)47-76(102)98-40-36-96(37-41-98)54-83(6)32-30-71(61-20-24-65(85)25-21-61)64(50-83)51-95-34-38-97(39-35-95)67-26-22-63(23-27-67)79(103)93-111-70-28-29-72(74(49-70)112(106,107)84(86,87)88)91-66(31-33-94-42-44-108-45-43-94)53-109-69-10-8-7-9-11-69/h7-11,16-29,49,55-56,58-59,66,68,73,78,91,100H,12-15,30-48,50-54H2,1-6H3,(H,90,104)(H,92,101)(H,93,103)/t56-,58?,59?,66+,68+,73-,78+,83?/m0/s1. The number of hydrogen-bond donors (Lipinski definition) is 5. The fourth-order valence-electron chi connectivity index (χ4n) is 16.6. The predicted octanol–water partition coefficient (Wildman–Crippen LogP) is 13.7. The van der Waals surface area contributed by atoms with Gasteiger partial charge in [0, 0.05) is 149 Å². The lowest BCUT2D eigenvalue weighted by molar-refractivity contribution is -0.144. The maximum Gasteiger partial charge on any atom is 0.501 e. The average Bonchev–Trinajstić information content (AvgIpc) is 0.943. The second kappa shape index (κ2) is 37.7. The smallest absolute Gasteiger partial charge is 0.391 e. The molecule has 4 saturated heterocycles. The Morgan fingerprint density at radius 2 is 1.44 bits per heavy atom. The van der Waals surface area contributed by atoms with Gasteiger partial charge in [-0.3, -0.25) is 43.4 Å². The number of alkyl halides is 3. The summed E-state index contributed by atoms with van der Waals surface area (Å²) in [5.74, 6) is -0.466. The van der Waals surface area contributed by atoms with E-state index >= 15 is 0 Å². The van der Waals surface area contributed by atoms with Crippen LogP contribution in [-0.4, -0.2) is 213 Å². The molecule has 5 heterocycles. The van der Waals surface area contributed by atoms with Gasteiger partial charge in [-0.1, -0.05) is 99.5 Å². The highest BCUT2D eigenvalue weighted by Gasteiger charge is 2.49. The van der Waals surface area contributed by atoms with E-state index in [-0.39, 0.29) is 77.0 Å². The van der Waals surface area contributed by atoms with Gasteiger partial charge in [0.25, 0.3) is 15.7 Å². The molecule has 5 amide bonds. The molecule has 0 spiro atoms. The average molecular weight is 1640 g/mol. The highest BCUT2D eigenvalue weighted by Crippen LogP contribution is 2.45. The molecule has 20 nitrogen and oxygen atoms in total. The molecule has 5 N–H and O–H groups in total. The number of piperazine rings is 2. The van der Waals surface area contributed by atoms with Crippen LogP contribution in [0.4, 0.5) is 24.5 Å². The molecular formula is C84H107ClF3N11O9S4. The molecule has 0 bridgehead atoms. The van der Waals surface area contributed by atoms with E-state index in [4.69, 9.17) is 16.3 Å². The zero-order chi connectivity index (χ0) is 79.5. The fraction of sp³-hybridized carbons (Fsp3) is 0.524. The van der Waals surface area contributed by atoms with Gasteiger partial charge in [0.15, 0.2) is 0 Å². The van der Waals surface area contributed by atoms with Crippen LogP contribution in [-0.2, 0) is 33.8 Å². The molecule has 0 radical (unpaired) electrons. The zero-order valence-corrected chi connectivity index (χ0v) is 69.0. The molecule has 6 atom stereocenters. The van der Waals surface area contributed by atoms with Crippen molar-refractivity contribution in [3.8, 4) is 10.4 Å². The summed E-state index contributed by atoms with van der Waals surface area (Å²) in [5, 5.41) is 20.9. The van der Waals surface area contributed by atoms with Crippen molar-refractivity contribution >= 4 is 103 Å². The number of aliphatic hydroxyl groups is 1. The predicted molar refractivity (Wildman–Crippen MR) is 439 cm³/mol. The number of carbonyl (C=O) groups is 5. The van der Waals surface area contributed by atoms with Gasteiger partial charge in [0.2, 0.25) is 23.6 Å². The number of thioether (sulfide) groups is 1. The number of hydrogen-bond acceptors (Lipinski definition) is 18. The number of nitrogens with one attached hydrogen (secondary N) is 4. The number of rotatable bonds is 28. The second-order valence-electron chi connectivity index (χ2n) is 32.6. The molecular weight excluding hydrogens is 1530 g/mol. The first-order valence-electron chi connectivity index (χ1n) is 39.3. The molecule has 4 aliphatic heterocycles. The zero-order valence-electron chi connectivity index (χ0n) is 65.0. The van der Waals surface area contributed by atoms with E-state index in [1.807, 2.05) is 124 Å². The number of anilines is 2. The highest BCUT2D eigenvalue weighted by atomic mass is 35.5. The Morgan fingerprint density at radius 1 is 0.777 bits per heavy atom. The molecule has 5 fully saturated rings. The first-order valence-corrected chi connectivity index (χ1v) is 43.9. The van der Waals surface area contributed by atoms with Gasteiger partial charge in [0.1, 0.15) is 17.0 Å². The number of nitrogens with zero attached hydrogens (tertiary/aromatic N) is 7. The van der Waals surface area contributed by atoms with Crippen LogP contribution in [0.2, 0.25) is 5.02 Å². The number of β-amino-alcohol motifs (C(OH)–C–C–N with tert-alkyl or cyclic N) is 1. The van der Waals surface area contributed by atoms with Crippen LogP contribution in [0.1, 0.15) is 138 Å². The van der Waals surface area contributed by atoms with Gasteiger partial charge in [-0.05, 0) is 189 Å². The van der Waals surface area contributed by atoms with Crippen molar-refractivity contribution in [2.24, 2.45) is 22.7 Å². The van der Waals surface area contributed by atoms with Crippen molar-refractivity contribution in [3.05, 3.63) is 160 Å². The van der Waals surface area contributed by atoms with Crippen LogP contribution in [0.5, 0.6) is 0 Å². The number of aromatic nitrogens is 1. The lowest BCUT2D eigenvalue weighted by atomic mass is 9.71. The number of sulfone groups is 1. The quantitative estimate of drug-likeness (QED) is 0.0227. The summed E-state index contributed by atoms with van der Waals surface area (Å²) in [6.07, 6.45) is 6.70. The number of likely N-dealkylation sites (tertiary alicyclic amines) is 1. The number of halogens is 4. The second-order valence-corrected chi connectivity index (χ2v) is 37.7. The molecule has 604 valence electrons. The van der Waals surface area contributed by atoms with Gasteiger partial charge in [-0.15, -0.1) is 23.1 Å². The topological polar surface area (TPSA) is 229 Å². The number of aryl methyl sites for hydroxylation is 1. The van der Waals surface area contributed by atoms with E-state index in [2.05, 4.69) is 64.3 Å². The Kier molecular flexibility index (Phi) is 28.4. The summed E-state index contributed by atoms with van der Waals surface area (Å²) < 4.78 is 77.8. The molecule has 28 heteroatoms. The van der Waals surface area contributed by atoms with E-state index in [1.165, 1.54) is 45.5 Å². The van der Waals surface area contributed by atoms with E-state index in [1.54, 1.807) is 23.5 Å². The number of ether oxygens (including phenoxy) is 1. The number of allylic oxidation sites excluding steroid dienone is 1. The summed E-state index contributed by atoms with van der Waals surface area (Å²) in [5.41, 5.74) is 3.58. The number of thiazole rings is 1. The van der Waals surface area contributed by atoms with Gasteiger partial charge < -0.3 is 40.5 Å². The van der Waals surface area contributed by atoms with Crippen molar-refractivity contribution in [2.45, 2.75) is 163 Å². The summed E-state index contributed by atoms with van der Waals surface area (Å²) >= 11 is 10.3. The minimum Gasteiger partial charge on any atom is -0.391 e. The Balaban J connectivity index is 0.583. The Bertz CT molecular complexity index is 4360. The Hall–Kier alpha value is -7.05. The number of morpholine rings is 1. The van der Waals surface area contributed by atoms with Crippen LogP contribution in [0.3, 0.4) is 0 Å². The van der Waals surface area contributed by atoms with Crippen LogP contribution in [0.15, 0.2) is 147 Å². The summed E-state index contributed by atoms with van der Waals surface area (Å²) in [6.45, 7) is 23.1. The van der Waals surface area contributed by atoms with E-state index in [0.29, 0.717) is 62.0 Å². The minimum atomic E-state index is -5.81. The minimum absolute atomic E-state index is 0.00787. The first kappa shape index (κ1) is 84.4. The van der Waals surface area contributed by atoms with Gasteiger partial charge >= 0.3 is 5.51 Å². The molecule has 12 rings (SSSR count). The third-order valence-corrected chi connectivity index (χ3v) is 27.8. The molecule has 112 heavy (non-hydrogen) atoms. The van der Waals surface area contributed by atoms with Gasteiger partial charge in [-0.2, -0.15) is 13.2 Å². The number of amides is 5. The van der Waals surface area contributed by atoms with E-state index in [9.17, 15) is 50.7 Å². The Morgan fingerprint density at radius 3 is 2.09 bits per heavy atom. The molecule has 6 aromatic rings. The Labute approximate surface area is 675 Å². The molecule has 6 aliphatic rings. The molecule has 1 unspecified atom stereocenters. The maximum absolute atomic E-state index is 14.5. The summed E-state index contributed by atoms with van der Waals surface area (Å²) in [4.78, 5) is 88.6. The first-order chi connectivity index (χ1) is 53.5. The lowest BCUT2D eigenvalue weighted by Gasteiger charge is -2.44. The van der Waals surface area contributed by atoms with Gasteiger partial charge in [0.05, 0.1) is 47.1 Å². The van der Waals surface area contributed by atoms with Crippen molar-refractivity contribution < 1.29 is 55.4 Å². The van der Waals surface area contributed by atoms with Crippen LogP contribution < -0.4 is 25.6 Å². The summed E-state index contributed by atoms with van der Waals surface area (Å²) in [7, 11) is -5.81. The van der Waals surface area contributed by atoms with Crippen molar-refractivity contribution in [3.63, 3.8) is 0 Å². The lowest BCUT2D eigenvalue weighted by Crippen LogP contribution is -2.58. The molecule has 1 aromatic heterocycles. The number of benzene rings is 5. The molecule has 1 saturated carbocycles. The summed E-state index contributed by atoms with van der Waals surface area (Å²) in [6, 6.07) is 34.2. The number of aliphatic hydroxyl groups excluding tert-OH is 1. The fourth-order valence-corrected chi connectivity index (χ4v) is 20.2. The largest absolute Gasteiger partial charge is 0.501 e. The van der Waals surface area contributed by atoms with E-state index in [0.717, 1.165) is 161 Å². The van der Waals surface area contributed by atoms with Crippen molar-refractivity contribution in [1.29, 1.82) is 0 Å². The van der Waals surface area contributed by atoms with Gasteiger partial charge in [-0.25, -0.2) is 13.4 Å². The third-order valence-electron chi connectivity index (χ3n) is 23.1. The molecule has 2 aliphatic carbocycles. The highest BCUT2D eigenvalue weighted by molar-refractivity contribution is 7.99. The van der Waals surface area contributed by atoms with Crippen LogP contribution in [0.25, 0.3) is 16.0 Å². The third kappa shape index (κ3) is 22.1. The van der Waals surface area contributed by atoms with Crippen LogP contribution >= 0.6 is 46.6 Å². The maximum atomic E-state index is 14.5. The van der Waals surface area contributed by atoms with Crippen molar-refractivity contribution in [1.82, 2.24) is 44.8 Å².